The van der Waals surface area contributed by atoms with Crippen molar-refractivity contribution >= 4 is 23.1 Å². The number of rotatable bonds is 3. The maximum absolute atomic E-state index is 5.71. The Bertz CT molecular complexity index is 582. The fraction of sp³-hybridized carbons (Fsp3) is 0.400. The van der Waals surface area contributed by atoms with Gasteiger partial charge in [-0.1, -0.05) is 18.2 Å². The Morgan fingerprint density at radius 1 is 1.45 bits per heavy atom. The molecule has 0 saturated carbocycles. The Kier molecular flexibility index (Phi) is 4.41. The number of hydrogen-bond acceptors (Lipinski definition) is 5. The van der Waals surface area contributed by atoms with Gasteiger partial charge in [0.05, 0.1) is 11.7 Å². The molecule has 5 heteroatoms. The average molecular weight is 305 g/mol. The normalized spacial score (nSPS) is 20.2. The van der Waals surface area contributed by atoms with Gasteiger partial charge in [0.15, 0.2) is 0 Å². The Hall–Kier alpha value is -0.880. The van der Waals surface area contributed by atoms with Gasteiger partial charge in [0, 0.05) is 35.5 Å². The third-order valence-corrected chi connectivity index (χ3v) is 5.63. The number of benzene rings is 1. The summed E-state index contributed by atoms with van der Waals surface area (Å²) in [6, 6.07) is 8.82. The second-order valence-electron chi connectivity index (χ2n) is 5.05. The lowest BCUT2D eigenvalue weighted by atomic mass is 10.1. The smallest absolute Gasteiger partial charge is 0.111 e. The molecule has 0 radical (unpaired) electrons. The Morgan fingerprint density at radius 3 is 3.15 bits per heavy atom. The van der Waals surface area contributed by atoms with Crippen LogP contribution in [0.2, 0.25) is 0 Å². The molecule has 1 unspecified atom stereocenters. The van der Waals surface area contributed by atoms with Crippen LogP contribution in [0.5, 0.6) is 0 Å². The zero-order chi connectivity index (χ0) is 13.9. The summed E-state index contributed by atoms with van der Waals surface area (Å²) in [5, 5.41) is 3.39. The number of aromatic nitrogens is 1. The van der Waals surface area contributed by atoms with Gasteiger partial charge in [-0.2, -0.15) is 11.8 Å². The van der Waals surface area contributed by atoms with Gasteiger partial charge in [0.1, 0.15) is 5.01 Å². The van der Waals surface area contributed by atoms with Crippen LogP contribution in [0.1, 0.15) is 16.6 Å². The van der Waals surface area contributed by atoms with Crippen molar-refractivity contribution < 1.29 is 0 Å². The SMILES string of the molecule is CN1CCSCC1c1nc(-c2cccc(CN)c2)cs1. The highest BCUT2D eigenvalue weighted by atomic mass is 32.2. The van der Waals surface area contributed by atoms with Crippen molar-refractivity contribution in [3.63, 3.8) is 0 Å². The first-order chi connectivity index (χ1) is 9.78. The third-order valence-electron chi connectivity index (χ3n) is 3.66. The Morgan fingerprint density at radius 2 is 2.35 bits per heavy atom. The maximum Gasteiger partial charge on any atom is 0.111 e. The lowest BCUT2D eigenvalue weighted by molar-refractivity contribution is 0.274. The molecule has 2 heterocycles. The minimum atomic E-state index is 0.463. The molecule has 0 aliphatic carbocycles. The summed E-state index contributed by atoms with van der Waals surface area (Å²) >= 11 is 3.79. The van der Waals surface area contributed by atoms with Crippen LogP contribution >= 0.6 is 23.1 Å². The first-order valence-corrected chi connectivity index (χ1v) is 8.84. The first kappa shape index (κ1) is 14.1. The lowest BCUT2D eigenvalue weighted by Gasteiger charge is -2.30. The summed E-state index contributed by atoms with van der Waals surface area (Å²) in [5.41, 5.74) is 9.11. The molecule has 0 spiro atoms. The fourth-order valence-electron chi connectivity index (χ4n) is 2.38. The molecule has 0 amide bonds. The molecular weight excluding hydrogens is 286 g/mol. The number of nitrogens with zero attached hydrogens (tertiary/aromatic N) is 2. The van der Waals surface area contributed by atoms with Crippen LogP contribution in [0.3, 0.4) is 0 Å². The van der Waals surface area contributed by atoms with Crippen molar-refractivity contribution in [3.05, 3.63) is 40.2 Å². The number of thioether (sulfide) groups is 1. The van der Waals surface area contributed by atoms with Crippen LogP contribution in [0, 0.1) is 0 Å². The van der Waals surface area contributed by atoms with Gasteiger partial charge >= 0.3 is 0 Å². The van der Waals surface area contributed by atoms with Crippen molar-refractivity contribution in [2.75, 3.05) is 25.1 Å². The molecule has 3 nitrogen and oxygen atoms in total. The van der Waals surface area contributed by atoms with E-state index >= 15 is 0 Å². The zero-order valence-electron chi connectivity index (χ0n) is 11.6. The van der Waals surface area contributed by atoms with Crippen LogP contribution in [0.4, 0.5) is 0 Å². The fourth-order valence-corrected chi connectivity index (χ4v) is 4.69. The molecule has 1 fully saturated rings. The van der Waals surface area contributed by atoms with E-state index < -0.39 is 0 Å². The van der Waals surface area contributed by atoms with Gasteiger partial charge in [0.2, 0.25) is 0 Å². The predicted octanol–water partition coefficient (Wildman–Crippen LogP) is 2.99. The average Bonchev–Trinajstić information content (AvgIpc) is 2.97. The van der Waals surface area contributed by atoms with E-state index in [4.69, 9.17) is 10.7 Å². The molecule has 1 saturated heterocycles. The van der Waals surface area contributed by atoms with E-state index in [1.807, 2.05) is 11.8 Å². The molecular formula is C15H19N3S2. The standard InChI is InChI=1S/C15H19N3S2/c1-18-5-6-19-10-14(18)15-17-13(9-20-15)12-4-2-3-11(7-12)8-16/h2-4,7,9,14H,5-6,8,10,16H2,1H3. The summed E-state index contributed by atoms with van der Waals surface area (Å²) in [6.45, 7) is 1.72. The number of hydrogen-bond donors (Lipinski definition) is 1. The Labute approximate surface area is 128 Å². The molecule has 3 rings (SSSR count). The van der Waals surface area contributed by atoms with Gasteiger partial charge in [-0.25, -0.2) is 4.98 Å². The van der Waals surface area contributed by atoms with Crippen molar-refractivity contribution in [2.24, 2.45) is 5.73 Å². The molecule has 1 aromatic heterocycles. The van der Waals surface area contributed by atoms with Crippen LogP contribution in [-0.4, -0.2) is 35.0 Å². The van der Waals surface area contributed by atoms with E-state index in [0.29, 0.717) is 12.6 Å². The molecule has 1 aromatic carbocycles. The zero-order valence-corrected chi connectivity index (χ0v) is 13.2. The minimum Gasteiger partial charge on any atom is -0.326 e. The Balaban J connectivity index is 1.85. The quantitative estimate of drug-likeness (QED) is 0.946. The largest absolute Gasteiger partial charge is 0.326 e. The topological polar surface area (TPSA) is 42.2 Å². The highest BCUT2D eigenvalue weighted by Gasteiger charge is 2.23. The highest BCUT2D eigenvalue weighted by Crippen LogP contribution is 2.32. The van der Waals surface area contributed by atoms with E-state index in [1.54, 1.807) is 11.3 Å². The predicted molar refractivity (Wildman–Crippen MR) is 88.1 cm³/mol. The second-order valence-corrected chi connectivity index (χ2v) is 7.09. The summed E-state index contributed by atoms with van der Waals surface area (Å²) in [6.07, 6.45) is 0. The van der Waals surface area contributed by atoms with E-state index in [1.165, 1.54) is 16.3 Å². The lowest BCUT2D eigenvalue weighted by Crippen LogP contribution is -2.32. The van der Waals surface area contributed by atoms with E-state index in [0.717, 1.165) is 23.6 Å². The van der Waals surface area contributed by atoms with Crippen LogP contribution in [-0.2, 0) is 6.54 Å². The van der Waals surface area contributed by atoms with Crippen LogP contribution in [0.15, 0.2) is 29.6 Å². The summed E-state index contributed by atoms with van der Waals surface area (Å²) in [5.74, 6) is 2.37. The summed E-state index contributed by atoms with van der Waals surface area (Å²) < 4.78 is 0. The number of nitrogens with two attached hydrogens (primary N) is 1. The van der Waals surface area contributed by atoms with Crippen molar-refractivity contribution in [1.29, 1.82) is 0 Å². The van der Waals surface area contributed by atoms with Crippen LogP contribution in [0.25, 0.3) is 11.3 Å². The summed E-state index contributed by atoms with van der Waals surface area (Å²) in [4.78, 5) is 7.26. The van der Waals surface area contributed by atoms with E-state index in [-0.39, 0.29) is 0 Å². The maximum atomic E-state index is 5.71. The van der Waals surface area contributed by atoms with Gasteiger partial charge in [-0.15, -0.1) is 11.3 Å². The van der Waals surface area contributed by atoms with Crippen molar-refractivity contribution in [3.8, 4) is 11.3 Å². The van der Waals surface area contributed by atoms with Gasteiger partial charge in [-0.3, -0.25) is 4.90 Å². The number of thiazole rings is 1. The molecule has 2 aromatic rings. The molecule has 1 aliphatic rings. The van der Waals surface area contributed by atoms with Crippen molar-refractivity contribution in [1.82, 2.24) is 9.88 Å². The molecule has 1 aliphatic heterocycles. The minimum absolute atomic E-state index is 0.463. The van der Waals surface area contributed by atoms with Crippen molar-refractivity contribution in [2.45, 2.75) is 12.6 Å². The summed E-state index contributed by atoms with van der Waals surface area (Å²) in [7, 11) is 2.19. The molecule has 0 bridgehead atoms. The molecule has 1 atom stereocenters. The van der Waals surface area contributed by atoms with Gasteiger partial charge in [0.25, 0.3) is 0 Å². The van der Waals surface area contributed by atoms with Gasteiger partial charge in [-0.05, 0) is 18.7 Å². The molecule has 20 heavy (non-hydrogen) atoms. The first-order valence-electron chi connectivity index (χ1n) is 6.80. The third kappa shape index (κ3) is 2.91. The monoisotopic (exact) mass is 305 g/mol. The van der Waals surface area contributed by atoms with Gasteiger partial charge < -0.3 is 5.73 Å². The molecule has 106 valence electrons. The highest BCUT2D eigenvalue weighted by molar-refractivity contribution is 7.99. The van der Waals surface area contributed by atoms with Crippen LogP contribution < -0.4 is 5.73 Å². The van der Waals surface area contributed by atoms with E-state index in [2.05, 4.69) is 41.6 Å². The molecule has 2 N–H and O–H groups in total. The van der Waals surface area contributed by atoms with E-state index in [9.17, 15) is 0 Å². The second kappa shape index (κ2) is 6.26.